The maximum Gasteiger partial charge on any atom is 0.416 e. The molecule has 14 heteroatoms. The number of benzene rings is 2. The third kappa shape index (κ3) is 7.99. The van der Waals surface area contributed by atoms with Crippen molar-refractivity contribution < 1.29 is 46.5 Å². The third-order valence-corrected chi connectivity index (χ3v) is 12.0. The van der Waals surface area contributed by atoms with E-state index in [9.17, 15) is 32.7 Å². The molecule has 6 rings (SSSR count). The highest BCUT2D eigenvalue weighted by atomic mass is 19.4. The Morgan fingerprint density at radius 1 is 0.906 bits per heavy atom. The fraction of sp³-hybridized carbons (Fsp3) is 0.615. The van der Waals surface area contributed by atoms with Crippen LogP contribution < -0.4 is 9.64 Å². The predicted octanol–water partition coefficient (Wildman–Crippen LogP) is 5.41. The molecule has 0 aliphatic carbocycles. The molecule has 4 saturated heterocycles. The fourth-order valence-electron chi connectivity index (χ4n) is 8.96. The molecule has 4 aliphatic rings. The number of nitrogens with zero attached hydrogens (tertiary/aromatic N) is 4. The molecule has 4 aliphatic heterocycles. The van der Waals surface area contributed by atoms with E-state index in [0.29, 0.717) is 74.3 Å². The van der Waals surface area contributed by atoms with Crippen molar-refractivity contribution in [2.45, 2.75) is 68.8 Å². The van der Waals surface area contributed by atoms with Crippen molar-refractivity contribution in [3.05, 3.63) is 59.2 Å². The average Bonchev–Trinajstić information content (AvgIpc) is 3.75. The monoisotopic (exact) mass is 746 g/mol. The minimum atomic E-state index is -4.59. The summed E-state index contributed by atoms with van der Waals surface area (Å²) in [6.45, 7) is 4.19. The number of anilines is 1. The number of carboxylic acid groups (broad SMARTS) is 1. The Balaban J connectivity index is 1.29. The van der Waals surface area contributed by atoms with E-state index >= 15 is 4.39 Å². The summed E-state index contributed by atoms with van der Waals surface area (Å²) in [5, 5.41) is 9.53. The van der Waals surface area contributed by atoms with Crippen LogP contribution in [0.4, 0.5) is 23.2 Å². The summed E-state index contributed by atoms with van der Waals surface area (Å²) < 4.78 is 70.8. The number of rotatable bonds is 10. The molecule has 10 nitrogen and oxygen atoms in total. The van der Waals surface area contributed by atoms with Crippen molar-refractivity contribution in [3.63, 3.8) is 0 Å². The number of aliphatic carboxylic acids is 1. The lowest BCUT2D eigenvalue weighted by molar-refractivity contribution is -0.143. The first-order valence-electron chi connectivity index (χ1n) is 18.6. The molecule has 2 amide bonds. The lowest BCUT2D eigenvalue weighted by Gasteiger charge is -2.37. The van der Waals surface area contributed by atoms with E-state index in [1.807, 2.05) is 16.7 Å². The molecule has 4 heterocycles. The highest BCUT2D eigenvalue weighted by Gasteiger charge is 2.57. The standard InChI is InChI=1S/C39H50F4N4O6/c1-4-35(48)45-17-13-29(14-18-45)47-22-33(25-5-8-30(53-3)9-6-25)38(40,24-47)37(51)46-20-27(23-52-2)32(21-46)31-10-7-28(39(41,42)43)19-34(31)44-15-11-26(12-16-44)36(49)50/h5-10,19,26-27,29,32-33H,4,11-18,20-24H2,1-3H3,(H,49,50)/t27-,32+,33+,38+/m1/s1. The maximum absolute atomic E-state index is 17.9. The van der Waals surface area contributed by atoms with Gasteiger partial charge in [-0.25, -0.2) is 4.39 Å². The van der Waals surface area contributed by atoms with Crippen LogP contribution in [0, 0.1) is 11.8 Å². The van der Waals surface area contributed by atoms with Gasteiger partial charge in [0.2, 0.25) is 11.6 Å². The van der Waals surface area contributed by atoms with Crippen LogP contribution in [0.25, 0.3) is 0 Å². The van der Waals surface area contributed by atoms with Crippen molar-refractivity contribution in [1.82, 2.24) is 14.7 Å². The van der Waals surface area contributed by atoms with Crippen LogP contribution in [0.15, 0.2) is 42.5 Å². The number of ether oxygens (including phenoxy) is 2. The van der Waals surface area contributed by atoms with Crippen LogP contribution in [0.1, 0.15) is 67.6 Å². The van der Waals surface area contributed by atoms with Crippen molar-refractivity contribution in [2.24, 2.45) is 11.8 Å². The van der Waals surface area contributed by atoms with Crippen LogP contribution in [-0.2, 0) is 25.3 Å². The van der Waals surface area contributed by atoms with Crippen molar-refractivity contribution >= 4 is 23.5 Å². The van der Waals surface area contributed by atoms with Gasteiger partial charge in [-0.2, -0.15) is 13.2 Å². The molecule has 0 saturated carbocycles. The fourth-order valence-corrected chi connectivity index (χ4v) is 8.96. The second-order valence-electron chi connectivity index (χ2n) is 15.0. The molecule has 0 unspecified atom stereocenters. The van der Waals surface area contributed by atoms with E-state index in [1.54, 1.807) is 31.4 Å². The van der Waals surface area contributed by atoms with Crippen molar-refractivity contribution in [3.8, 4) is 5.75 Å². The highest BCUT2D eigenvalue weighted by Crippen LogP contribution is 2.47. The van der Waals surface area contributed by atoms with Crippen LogP contribution in [0.5, 0.6) is 5.75 Å². The van der Waals surface area contributed by atoms with Crippen molar-refractivity contribution in [2.75, 3.05) is 78.1 Å². The molecule has 290 valence electrons. The Bertz CT molecular complexity index is 1630. The number of likely N-dealkylation sites (tertiary alicyclic amines) is 3. The maximum atomic E-state index is 17.9. The Morgan fingerprint density at radius 3 is 2.17 bits per heavy atom. The molecule has 0 aromatic heterocycles. The Morgan fingerprint density at radius 2 is 1.58 bits per heavy atom. The minimum Gasteiger partial charge on any atom is -0.497 e. The Labute approximate surface area is 308 Å². The zero-order valence-corrected chi connectivity index (χ0v) is 30.6. The summed E-state index contributed by atoms with van der Waals surface area (Å²) in [5.41, 5.74) is -1.48. The number of piperidine rings is 2. The van der Waals surface area contributed by atoms with Gasteiger partial charge in [-0.1, -0.05) is 25.1 Å². The van der Waals surface area contributed by atoms with E-state index in [0.717, 1.165) is 12.1 Å². The van der Waals surface area contributed by atoms with Gasteiger partial charge in [0.25, 0.3) is 5.91 Å². The van der Waals surface area contributed by atoms with Gasteiger partial charge >= 0.3 is 12.1 Å². The number of amides is 2. The first-order chi connectivity index (χ1) is 25.3. The molecule has 2 aromatic carbocycles. The van der Waals surface area contributed by atoms with Gasteiger partial charge < -0.3 is 29.3 Å². The van der Waals surface area contributed by atoms with Gasteiger partial charge in [-0.05, 0) is 61.1 Å². The molecule has 0 spiro atoms. The van der Waals surface area contributed by atoms with Crippen LogP contribution in [0.3, 0.4) is 0 Å². The largest absolute Gasteiger partial charge is 0.497 e. The number of hydrogen-bond donors (Lipinski definition) is 1. The summed E-state index contributed by atoms with van der Waals surface area (Å²) in [6, 6.07) is 10.7. The zero-order chi connectivity index (χ0) is 38.1. The molecule has 1 N–H and O–H groups in total. The zero-order valence-electron chi connectivity index (χ0n) is 30.6. The number of carbonyl (C=O) groups is 3. The lowest BCUT2D eigenvalue weighted by atomic mass is 9.85. The van der Waals surface area contributed by atoms with Gasteiger partial charge in [-0.15, -0.1) is 0 Å². The quantitative estimate of drug-likeness (QED) is 0.322. The summed E-state index contributed by atoms with van der Waals surface area (Å²) in [6.07, 6.45) is -2.23. The number of alkyl halides is 4. The van der Waals surface area contributed by atoms with Crippen LogP contribution in [0.2, 0.25) is 0 Å². The molecule has 4 atom stereocenters. The number of carbonyl (C=O) groups excluding carboxylic acids is 2. The van der Waals surface area contributed by atoms with Gasteiger partial charge in [-0.3, -0.25) is 19.3 Å². The molecular formula is C39H50F4N4O6. The normalized spacial score (nSPS) is 26.3. The molecule has 53 heavy (non-hydrogen) atoms. The highest BCUT2D eigenvalue weighted by molar-refractivity contribution is 5.88. The summed E-state index contributed by atoms with van der Waals surface area (Å²) in [7, 11) is 3.07. The molecule has 4 fully saturated rings. The summed E-state index contributed by atoms with van der Waals surface area (Å²) in [5.74, 6) is -3.01. The Kier molecular flexibility index (Phi) is 11.6. The lowest BCUT2D eigenvalue weighted by Crippen LogP contribution is -2.51. The van der Waals surface area contributed by atoms with E-state index in [1.165, 1.54) is 18.1 Å². The predicted molar refractivity (Wildman–Crippen MR) is 190 cm³/mol. The van der Waals surface area contributed by atoms with Gasteiger partial charge in [0, 0.05) is 95.4 Å². The van der Waals surface area contributed by atoms with Gasteiger partial charge in [0.15, 0.2) is 0 Å². The number of methoxy groups -OCH3 is 2. The summed E-state index contributed by atoms with van der Waals surface area (Å²) >= 11 is 0. The Hall–Kier alpha value is -3.91. The molecule has 0 radical (unpaired) electrons. The topological polar surface area (TPSA) is 103 Å². The number of carboxylic acids is 1. The molecule has 0 bridgehead atoms. The van der Waals surface area contributed by atoms with E-state index in [-0.39, 0.29) is 57.2 Å². The first-order valence-corrected chi connectivity index (χ1v) is 18.6. The average molecular weight is 747 g/mol. The van der Waals surface area contributed by atoms with Crippen LogP contribution in [-0.4, -0.2) is 122 Å². The first kappa shape index (κ1) is 38.8. The van der Waals surface area contributed by atoms with E-state index in [2.05, 4.69) is 4.90 Å². The second-order valence-corrected chi connectivity index (χ2v) is 15.0. The third-order valence-electron chi connectivity index (χ3n) is 12.0. The smallest absolute Gasteiger partial charge is 0.416 e. The molecule has 2 aromatic rings. The SMILES string of the molecule is CCC(=O)N1CCC(N2C[C@@H](c3ccc(OC)cc3)[C@](F)(C(=O)N3C[C@H](COC)[C@@H](c4ccc(C(F)(F)F)cc4N4CCC(C(=O)O)CC4)C3)C2)CC1. The van der Waals surface area contributed by atoms with Gasteiger partial charge in [0.05, 0.1) is 25.2 Å². The number of halogens is 4. The van der Waals surface area contributed by atoms with Crippen LogP contribution >= 0.6 is 0 Å². The van der Waals surface area contributed by atoms with Crippen molar-refractivity contribution in [1.29, 1.82) is 0 Å². The van der Waals surface area contributed by atoms with E-state index < -0.39 is 47.0 Å². The number of hydrogen-bond acceptors (Lipinski definition) is 7. The summed E-state index contributed by atoms with van der Waals surface area (Å²) in [4.78, 5) is 45.9. The second kappa shape index (κ2) is 15.8. The molecular weight excluding hydrogens is 696 g/mol. The minimum absolute atomic E-state index is 0.00498. The van der Waals surface area contributed by atoms with Gasteiger partial charge in [0.1, 0.15) is 5.75 Å². The van der Waals surface area contributed by atoms with E-state index in [4.69, 9.17) is 9.47 Å².